The van der Waals surface area contributed by atoms with Gasteiger partial charge < -0.3 is 15.4 Å². The molecule has 0 amide bonds. The van der Waals surface area contributed by atoms with Crippen molar-refractivity contribution in [1.82, 2.24) is 10.6 Å². The van der Waals surface area contributed by atoms with Crippen LogP contribution in [0.3, 0.4) is 0 Å². The minimum Gasteiger partial charge on any atom is -0.381 e. The number of ether oxygens (including phenoxy) is 1. The van der Waals surface area contributed by atoms with Crippen molar-refractivity contribution < 1.29 is 4.74 Å². The molecule has 4 heteroatoms. The molecular weight excluding hydrogens is 232 g/mol. The second kappa shape index (κ2) is 9.66. The number of thiocarbonyl (C=S) groups is 1. The van der Waals surface area contributed by atoms with Crippen LogP contribution in [0, 0.1) is 0 Å². The maximum Gasteiger partial charge on any atom is 0.166 e. The topological polar surface area (TPSA) is 33.3 Å². The fraction of sp³-hybridized carbons (Fsp3) is 0.923. The van der Waals surface area contributed by atoms with Crippen LogP contribution in [0.25, 0.3) is 0 Å². The van der Waals surface area contributed by atoms with Gasteiger partial charge in [-0.05, 0) is 37.9 Å². The standard InChI is InChI=1S/C13H26N2OS/c1-2-3-10-16-11-6-9-14-13(17)15-12-7-4-5-8-12/h12H,2-11H2,1H3,(H2,14,15,17). The van der Waals surface area contributed by atoms with E-state index < -0.39 is 0 Å². The predicted octanol–water partition coefficient (Wildman–Crippen LogP) is 2.60. The van der Waals surface area contributed by atoms with Crippen LogP contribution < -0.4 is 10.6 Å². The maximum atomic E-state index is 5.49. The molecule has 2 N–H and O–H groups in total. The summed E-state index contributed by atoms with van der Waals surface area (Å²) in [4.78, 5) is 0. The Hall–Kier alpha value is -0.350. The van der Waals surface area contributed by atoms with Gasteiger partial charge >= 0.3 is 0 Å². The Kier molecular flexibility index (Phi) is 8.36. The highest BCUT2D eigenvalue weighted by molar-refractivity contribution is 7.80. The number of rotatable bonds is 8. The van der Waals surface area contributed by atoms with E-state index in [0.717, 1.165) is 37.7 Å². The van der Waals surface area contributed by atoms with Crippen LogP contribution in [0.15, 0.2) is 0 Å². The summed E-state index contributed by atoms with van der Waals surface area (Å²) in [5.41, 5.74) is 0. The van der Waals surface area contributed by atoms with Gasteiger partial charge in [0.25, 0.3) is 0 Å². The predicted molar refractivity (Wildman–Crippen MR) is 76.3 cm³/mol. The lowest BCUT2D eigenvalue weighted by molar-refractivity contribution is 0.129. The fourth-order valence-electron chi connectivity index (χ4n) is 2.03. The van der Waals surface area contributed by atoms with Crippen LogP contribution in [-0.2, 0) is 4.74 Å². The van der Waals surface area contributed by atoms with Crippen LogP contribution in [0.4, 0.5) is 0 Å². The first-order valence-corrected chi connectivity index (χ1v) is 7.36. The van der Waals surface area contributed by atoms with Gasteiger partial charge in [-0.3, -0.25) is 0 Å². The molecule has 1 rings (SSSR count). The Morgan fingerprint density at radius 1 is 1.24 bits per heavy atom. The van der Waals surface area contributed by atoms with Gasteiger partial charge in [0.15, 0.2) is 5.11 Å². The molecule has 100 valence electrons. The molecule has 0 aromatic rings. The molecule has 0 bridgehead atoms. The van der Waals surface area contributed by atoms with Crippen molar-refractivity contribution in [3.8, 4) is 0 Å². The van der Waals surface area contributed by atoms with Crippen LogP contribution >= 0.6 is 12.2 Å². The SMILES string of the molecule is CCCCOCCCNC(=S)NC1CCCC1. The molecule has 3 nitrogen and oxygen atoms in total. The van der Waals surface area contributed by atoms with Crippen LogP contribution in [0.1, 0.15) is 51.9 Å². The van der Waals surface area contributed by atoms with Gasteiger partial charge in [0, 0.05) is 25.8 Å². The zero-order valence-electron chi connectivity index (χ0n) is 11.0. The van der Waals surface area contributed by atoms with Crippen molar-refractivity contribution in [2.75, 3.05) is 19.8 Å². The highest BCUT2D eigenvalue weighted by atomic mass is 32.1. The Labute approximate surface area is 111 Å². The van der Waals surface area contributed by atoms with Crippen LogP contribution in [0.2, 0.25) is 0 Å². The summed E-state index contributed by atoms with van der Waals surface area (Å²) >= 11 is 5.25. The van der Waals surface area contributed by atoms with E-state index in [-0.39, 0.29) is 0 Å². The van der Waals surface area contributed by atoms with Crippen LogP contribution in [0.5, 0.6) is 0 Å². The zero-order chi connectivity index (χ0) is 12.3. The molecule has 1 saturated carbocycles. The number of nitrogens with one attached hydrogen (secondary N) is 2. The smallest absolute Gasteiger partial charge is 0.166 e. The molecular formula is C13H26N2OS. The van der Waals surface area contributed by atoms with E-state index in [0.29, 0.717) is 6.04 Å². The second-order valence-corrected chi connectivity index (χ2v) is 5.11. The van der Waals surface area contributed by atoms with E-state index in [1.165, 1.54) is 32.1 Å². The molecule has 0 unspecified atom stereocenters. The van der Waals surface area contributed by atoms with Gasteiger partial charge in [0.05, 0.1) is 0 Å². The summed E-state index contributed by atoms with van der Waals surface area (Å²) in [7, 11) is 0. The lowest BCUT2D eigenvalue weighted by Gasteiger charge is -2.15. The van der Waals surface area contributed by atoms with Gasteiger partial charge in [-0.25, -0.2) is 0 Å². The van der Waals surface area contributed by atoms with E-state index in [9.17, 15) is 0 Å². The molecule has 0 atom stereocenters. The first-order valence-electron chi connectivity index (χ1n) is 6.95. The Morgan fingerprint density at radius 3 is 2.65 bits per heavy atom. The Balaban J connectivity index is 1.86. The first kappa shape index (κ1) is 14.7. The van der Waals surface area contributed by atoms with Crippen molar-refractivity contribution >= 4 is 17.3 Å². The lowest BCUT2D eigenvalue weighted by Crippen LogP contribution is -2.41. The van der Waals surface area contributed by atoms with Gasteiger partial charge in [-0.2, -0.15) is 0 Å². The first-order chi connectivity index (χ1) is 8.33. The van der Waals surface area contributed by atoms with E-state index in [1.54, 1.807) is 0 Å². The monoisotopic (exact) mass is 258 g/mol. The maximum absolute atomic E-state index is 5.49. The summed E-state index contributed by atoms with van der Waals surface area (Å²) in [6.07, 6.45) is 8.60. The van der Waals surface area contributed by atoms with E-state index >= 15 is 0 Å². The second-order valence-electron chi connectivity index (χ2n) is 4.70. The van der Waals surface area contributed by atoms with Gasteiger partial charge in [-0.1, -0.05) is 26.2 Å². The van der Waals surface area contributed by atoms with Gasteiger partial charge in [0.2, 0.25) is 0 Å². The van der Waals surface area contributed by atoms with Crippen LogP contribution in [-0.4, -0.2) is 30.9 Å². The summed E-state index contributed by atoms with van der Waals surface area (Å²) in [6.45, 7) is 4.81. The van der Waals surface area contributed by atoms with Gasteiger partial charge in [0.1, 0.15) is 0 Å². The highest BCUT2D eigenvalue weighted by Gasteiger charge is 2.14. The van der Waals surface area contributed by atoms with E-state index in [1.807, 2.05) is 0 Å². The molecule has 17 heavy (non-hydrogen) atoms. The van der Waals surface area contributed by atoms with Crippen molar-refractivity contribution in [3.63, 3.8) is 0 Å². The molecule has 0 heterocycles. The molecule has 1 fully saturated rings. The molecule has 0 aromatic carbocycles. The molecule has 0 spiro atoms. The third-order valence-electron chi connectivity index (χ3n) is 3.08. The van der Waals surface area contributed by atoms with Gasteiger partial charge in [-0.15, -0.1) is 0 Å². The highest BCUT2D eigenvalue weighted by Crippen LogP contribution is 2.17. The summed E-state index contributed by atoms with van der Waals surface area (Å²) < 4.78 is 5.49. The minimum atomic E-state index is 0.607. The third kappa shape index (κ3) is 7.55. The van der Waals surface area contributed by atoms with E-state index in [4.69, 9.17) is 17.0 Å². The quantitative estimate of drug-likeness (QED) is 0.518. The molecule has 1 aliphatic rings. The number of hydrogen-bond donors (Lipinski definition) is 2. The van der Waals surface area contributed by atoms with Crippen molar-refractivity contribution in [3.05, 3.63) is 0 Å². The number of hydrogen-bond acceptors (Lipinski definition) is 2. The molecule has 0 radical (unpaired) electrons. The molecule has 0 saturated heterocycles. The summed E-state index contributed by atoms with van der Waals surface area (Å²) in [5.74, 6) is 0. The average Bonchev–Trinajstić information content (AvgIpc) is 2.80. The lowest BCUT2D eigenvalue weighted by atomic mass is 10.3. The average molecular weight is 258 g/mol. The van der Waals surface area contributed by atoms with E-state index in [2.05, 4.69) is 17.6 Å². The normalized spacial score (nSPS) is 16.1. The number of unbranched alkanes of at least 4 members (excludes halogenated alkanes) is 1. The van der Waals surface area contributed by atoms with Crippen molar-refractivity contribution in [1.29, 1.82) is 0 Å². The van der Waals surface area contributed by atoms with Crippen molar-refractivity contribution in [2.24, 2.45) is 0 Å². The third-order valence-corrected chi connectivity index (χ3v) is 3.35. The molecule has 0 aromatic heterocycles. The zero-order valence-corrected chi connectivity index (χ0v) is 11.8. The molecule has 0 aliphatic heterocycles. The fourth-order valence-corrected chi connectivity index (χ4v) is 2.30. The van der Waals surface area contributed by atoms with Crippen molar-refractivity contribution in [2.45, 2.75) is 57.9 Å². The summed E-state index contributed by atoms with van der Waals surface area (Å²) in [6, 6.07) is 0.607. The Bertz CT molecular complexity index is 206. The minimum absolute atomic E-state index is 0.607. The summed E-state index contributed by atoms with van der Waals surface area (Å²) in [5, 5.41) is 7.42. The Morgan fingerprint density at radius 2 is 1.94 bits per heavy atom. The largest absolute Gasteiger partial charge is 0.381 e. The molecule has 1 aliphatic carbocycles.